The highest BCUT2D eigenvalue weighted by Gasteiger charge is 2.37. The summed E-state index contributed by atoms with van der Waals surface area (Å²) in [4.78, 5) is 0. The summed E-state index contributed by atoms with van der Waals surface area (Å²) in [5.41, 5.74) is 9.37. The molecule has 0 radical (unpaired) electrons. The van der Waals surface area contributed by atoms with E-state index in [9.17, 15) is 4.39 Å². The van der Waals surface area contributed by atoms with Crippen molar-refractivity contribution >= 4 is 16.8 Å². The summed E-state index contributed by atoms with van der Waals surface area (Å²) in [5, 5.41) is 4.91. The molecule has 1 heterocycles. The first kappa shape index (κ1) is 16.6. The van der Waals surface area contributed by atoms with Crippen LogP contribution in [0, 0.1) is 11.7 Å². The van der Waals surface area contributed by atoms with Gasteiger partial charge in [0.15, 0.2) is 0 Å². The first-order valence-electron chi connectivity index (χ1n) is 8.93. The van der Waals surface area contributed by atoms with Gasteiger partial charge in [0.2, 0.25) is 0 Å². The van der Waals surface area contributed by atoms with Gasteiger partial charge < -0.3 is 16.0 Å². The van der Waals surface area contributed by atoms with Gasteiger partial charge in [-0.15, -0.1) is 0 Å². The summed E-state index contributed by atoms with van der Waals surface area (Å²) in [6.45, 7) is 0. The van der Waals surface area contributed by atoms with E-state index in [0.29, 0.717) is 5.84 Å². The molecular formula is C21H22FN3O. The van der Waals surface area contributed by atoms with Crippen LogP contribution in [0.2, 0.25) is 0 Å². The number of hydrogen-bond donors (Lipinski definition) is 2. The van der Waals surface area contributed by atoms with Crippen molar-refractivity contribution < 1.29 is 8.81 Å². The van der Waals surface area contributed by atoms with Crippen LogP contribution in [-0.4, -0.2) is 5.84 Å². The molecular weight excluding hydrogens is 329 g/mol. The highest BCUT2D eigenvalue weighted by Crippen LogP contribution is 2.46. The Morgan fingerprint density at radius 1 is 1.00 bits per heavy atom. The standard InChI is InChI=1S/C21H22FN3O/c22-16-8-6-13(7-9-16)17-2-1-3-18(20(17)21(23)25-24)15-5-4-14-10-11-26-19(14)12-15/h4-12,17-18,20H,1-3,24H2,(H2,23,25). The molecule has 4 N–H and O–H groups in total. The quantitative estimate of drug-likeness (QED) is 0.316. The van der Waals surface area contributed by atoms with Crippen LogP contribution in [-0.2, 0) is 0 Å². The number of benzene rings is 2. The lowest BCUT2D eigenvalue weighted by Crippen LogP contribution is -2.37. The smallest absolute Gasteiger partial charge is 0.134 e. The lowest BCUT2D eigenvalue weighted by molar-refractivity contribution is 0.330. The second-order valence-electron chi connectivity index (χ2n) is 6.99. The van der Waals surface area contributed by atoms with Gasteiger partial charge in [0, 0.05) is 11.3 Å². The molecule has 134 valence electrons. The van der Waals surface area contributed by atoms with E-state index in [2.05, 4.69) is 23.3 Å². The van der Waals surface area contributed by atoms with Crippen LogP contribution in [0.4, 0.5) is 4.39 Å². The van der Waals surface area contributed by atoms with Crippen molar-refractivity contribution in [1.29, 1.82) is 0 Å². The van der Waals surface area contributed by atoms with Crippen molar-refractivity contribution in [3.05, 3.63) is 71.7 Å². The van der Waals surface area contributed by atoms with Crippen LogP contribution in [0.15, 0.2) is 64.3 Å². The van der Waals surface area contributed by atoms with Crippen LogP contribution >= 0.6 is 0 Å². The number of furan rings is 1. The van der Waals surface area contributed by atoms with Gasteiger partial charge in [-0.1, -0.05) is 30.7 Å². The summed E-state index contributed by atoms with van der Waals surface area (Å²) in [5.74, 6) is 6.11. The fourth-order valence-corrected chi connectivity index (χ4v) is 4.36. The largest absolute Gasteiger partial charge is 0.464 e. The van der Waals surface area contributed by atoms with Crippen LogP contribution in [0.25, 0.3) is 11.0 Å². The van der Waals surface area contributed by atoms with E-state index in [4.69, 9.17) is 16.0 Å². The van der Waals surface area contributed by atoms with Crippen molar-refractivity contribution in [2.75, 3.05) is 0 Å². The zero-order valence-electron chi connectivity index (χ0n) is 14.4. The van der Waals surface area contributed by atoms with Crippen LogP contribution in [0.3, 0.4) is 0 Å². The molecule has 1 aliphatic carbocycles. The average Bonchev–Trinajstić information content (AvgIpc) is 3.15. The van der Waals surface area contributed by atoms with E-state index < -0.39 is 0 Å². The number of nitrogens with zero attached hydrogens (tertiary/aromatic N) is 1. The first-order valence-corrected chi connectivity index (χ1v) is 8.93. The molecule has 0 aliphatic heterocycles. The predicted octanol–water partition coefficient (Wildman–Crippen LogP) is 4.47. The number of halogens is 1. The molecule has 5 heteroatoms. The molecule has 4 nitrogen and oxygen atoms in total. The molecule has 0 bridgehead atoms. The summed E-state index contributed by atoms with van der Waals surface area (Å²) in [6, 6.07) is 14.9. The Balaban J connectivity index is 1.75. The minimum Gasteiger partial charge on any atom is -0.464 e. The van der Waals surface area contributed by atoms with Crippen LogP contribution in [0.1, 0.15) is 42.2 Å². The lowest BCUT2D eigenvalue weighted by Gasteiger charge is -2.38. The summed E-state index contributed by atoms with van der Waals surface area (Å²) in [7, 11) is 0. The first-order chi connectivity index (χ1) is 12.7. The Kier molecular flexibility index (Phi) is 4.37. The second kappa shape index (κ2) is 6.83. The Labute approximate surface area is 151 Å². The topological polar surface area (TPSA) is 77.5 Å². The van der Waals surface area contributed by atoms with E-state index in [1.165, 1.54) is 17.7 Å². The van der Waals surface area contributed by atoms with Crippen molar-refractivity contribution in [2.24, 2.45) is 22.6 Å². The normalized spacial score (nSPS) is 24.0. The predicted molar refractivity (Wildman–Crippen MR) is 101 cm³/mol. The molecule has 3 aromatic rings. The molecule has 26 heavy (non-hydrogen) atoms. The Hall–Kier alpha value is -2.82. The summed E-state index contributed by atoms with van der Waals surface area (Å²) in [6.07, 6.45) is 4.75. The van der Waals surface area contributed by atoms with E-state index >= 15 is 0 Å². The number of hydrazone groups is 1. The van der Waals surface area contributed by atoms with Gasteiger partial charge in [0.1, 0.15) is 17.2 Å². The maximum atomic E-state index is 13.4. The molecule has 0 saturated heterocycles. The number of rotatable bonds is 3. The second-order valence-corrected chi connectivity index (χ2v) is 6.99. The molecule has 1 saturated carbocycles. The van der Waals surface area contributed by atoms with Gasteiger partial charge in [-0.2, -0.15) is 5.10 Å². The van der Waals surface area contributed by atoms with Gasteiger partial charge in [-0.05, 0) is 60.1 Å². The minimum absolute atomic E-state index is 0.0216. The van der Waals surface area contributed by atoms with Crippen LogP contribution < -0.4 is 11.6 Å². The van der Waals surface area contributed by atoms with Gasteiger partial charge in [0.05, 0.1) is 6.26 Å². The maximum Gasteiger partial charge on any atom is 0.134 e. The molecule has 1 aromatic heterocycles. The fraction of sp³-hybridized carbons (Fsp3) is 0.286. The SMILES string of the molecule is N/N=C(\N)C1C(c2ccc(F)cc2)CCCC1c1ccc2ccoc2c1. The molecule has 2 aromatic carbocycles. The zero-order chi connectivity index (χ0) is 18.1. The third-order valence-corrected chi connectivity index (χ3v) is 5.59. The summed E-state index contributed by atoms with van der Waals surface area (Å²) >= 11 is 0. The maximum absolute atomic E-state index is 13.4. The third kappa shape index (κ3) is 2.94. The Morgan fingerprint density at radius 3 is 2.42 bits per heavy atom. The van der Waals surface area contributed by atoms with Crippen molar-refractivity contribution in [3.63, 3.8) is 0 Å². The Bertz CT molecular complexity index is 932. The molecule has 4 rings (SSSR count). The van der Waals surface area contributed by atoms with Crippen molar-refractivity contribution in [2.45, 2.75) is 31.1 Å². The summed E-state index contributed by atoms with van der Waals surface area (Å²) < 4.78 is 18.9. The van der Waals surface area contributed by atoms with E-state index in [1.807, 2.05) is 18.2 Å². The van der Waals surface area contributed by atoms with Crippen molar-refractivity contribution in [1.82, 2.24) is 0 Å². The van der Waals surface area contributed by atoms with Gasteiger partial charge in [0.25, 0.3) is 0 Å². The molecule has 3 unspecified atom stereocenters. The Morgan fingerprint density at radius 2 is 1.69 bits per heavy atom. The minimum atomic E-state index is -0.235. The number of nitrogens with two attached hydrogens (primary N) is 2. The number of fused-ring (bicyclic) bond motifs is 1. The zero-order valence-corrected chi connectivity index (χ0v) is 14.4. The average molecular weight is 351 g/mol. The molecule has 1 aliphatic rings. The van der Waals surface area contributed by atoms with Gasteiger partial charge in [-0.3, -0.25) is 0 Å². The monoisotopic (exact) mass is 351 g/mol. The van der Waals surface area contributed by atoms with Crippen LogP contribution in [0.5, 0.6) is 0 Å². The molecule has 0 amide bonds. The number of hydrogen-bond acceptors (Lipinski definition) is 3. The highest BCUT2D eigenvalue weighted by molar-refractivity contribution is 5.85. The van der Waals surface area contributed by atoms with E-state index in [-0.39, 0.29) is 23.6 Å². The number of amidine groups is 1. The van der Waals surface area contributed by atoms with Crippen molar-refractivity contribution in [3.8, 4) is 0 Å². The van der Waals surface area contributed by atoms with Gasteiger partial charge in [-0.25, -0.2) is 4.39 Å². The highest BCUT2D eigenvalue weighted by atomic mass is 19.1. The lowest BCUT2D eigenvalue weighted by atomic mass is 9.66. The molecule has 3 atom stereocenters. The fourth-order valence-electron chi connectivity index (χ4n) is 4.36. The van der Waals surface area contributed by atoms with Gasteiger partial charge >= 0.3 is 0 Å². The molecule has 0 spiro atoms. The van der Waals surface area contributed by atoms with E-state index in [1.54, 1.807) is 6.26 Å². The molecule has 1 fully saturated rings. The van der Waals surface area contributed by atoms with E-state index in [0.717, 1.165) is 35.8 Å². The third-order valence-electron chi connectivity index (χ3n) is 5.59.